The van der Waals surface area contributed by atoms with Gasteiger partial charge in [0.1, 0.15) is 17.5 Å². The van der Waals surface area contributed by atoms with Crippen molar-refractivity contribution in [3.63, 3.8) is 0 Å². The molecule has 0 bridgehead atoms. The number of ketones is 2. The van der Waals surface area contributed by atoms with Crippen LogP contribution in [0.3, 0.4) is 0 Å². The Morgan fingerprint density at radius 2 is 1.65 bits per heavy atom. The maximum atomic E-state index is 11.0. The van der Waals surface area contributed by atoms with Gasteiger partial charge in [0.15, 0.2) is 0 Å². The molecule has 1 unspecified atom stereocenters. The molecule has 0 aliphatic rings. The molecule has 0 amide bonds. The van der Waals surface area contributed by atoms with Crippen molar-refractivity contribution in [3.05, 3.63) is 23.0 Å². The minimum atomic E-state index is -0.924. The summed E-state index contributed by atoms with van der Waals surface area (Å²) in [5.41, 5.74) is 2.45. The van der Waals surface area contributed by atoms with Gasteiger partial charge >= 0.3 is 11.9 Å². The molecule has 1 aromatic heterocycles. The number of aromatic amines is 1. The molecular weight excluding hydrogens is 302 g/mol. The van der Waals surface area contributed by atoms with E-state index in [4.69, 9.17) is 0 Å². The van der Waals surface area contributed by atoms with E-state index in [1.54, 1.807) is 6.07 Å². The van der Waals surface area contributed by atoms with Crippen LogP contribution < -0.4 is 0 Å². The number of ether oxygens (including phenoxy) is 2. The Kier molecular flexibility index (Phi) is 8.54. The molecule has 0 spiro atoms. The number of methoxy groups -OCH3 is 2. The van der Waals surface area contributed by atoms with E-state index >= 15 is 0 Å². The smallest absolute Gasteiger partial charge is 0.339 e. The average Bonchev–Trinajstić information content (AvgIpc) is 2.82. The SMILES string of the molecule is COC(=O)C(CC(C)=O)C(C)=O.COC(=O)c1cc(C)[nH]c1C. The molecule has 7 heteroatoms. The number of esters is 2. The molecule has 7 nitrogen and oxygen atoms in total. The summed E-state index contributed by atoms with van der Waals surface area (Å²) in [6.07, 6.45) is -0.0675. The number of carbonyl (C=O) groups is 4. The molecule has 0 saturated carbocycles. The van der Waals surface area contributed by atoms with Gasteiger partial charge in [0.2, 0.25) is 0 Å². The van der Waals surface area contributed by atoms with Crippen molar-refractivity contribution in [3.8, 4) is 0 Å². The third-order valence-electron chi connectivity index (χ3n) is 3.02. The number of nitrogens with one attached hydrogen (secondary N) is 1. The maximum Gasteiger partial charge on any atom is 0.339 e. The molecule has 0 aromatic carbocycles. The lowest BCUT2D eigenvalue weighted by atomic mass is 9.99. The molecular formula is C16H23NO6. The monoisotopic (exact) mass is 325 g/mol. The molecule has 1 heterocycles. The first kappa shape index (κ1) is 20.6. The number of hydrogen-bond donors (Lipinski definition) is 1. The van der Waals surface area contributed by atoms with Crippen LogP contribution in [-0.4, -0.2) is 42.7 Å². The van der Waals surface area contributed by atoms with Crippen molar-refractivity contribution in [2.45, 2.75) is 34.1 Å². The van der Waals surface area contributed by atoms with E-state index in [1.165, 1.54) is 28.1 Å². The third-order valence-corrected chi connectivity index (χ3v) is 3.02. The lowest BCUT2D eigenvalue weighted by Gasteiger charge is -2.08. The Balaban J connectivity index is 0.000000422. The van der Waals surface area contributed by atoms with E-state index in [0.717, 1.165) is 11.4 Å². The van der Waals surface area contributed by atoms with Crippen molar-refractivity contribution in [1.29, 1.82) is 0 Å². The second kappa shape index (κ2) is 9.55. The quantitative estimate of drug-likeness (QED) is 0.653. The Morgan fingerprint density at radius 3 is 1.96 bits per heavy atom. The van der Waals surface area contributed by atoms with Gasteiger partial charge in [-0.2, -0.15) is 0 Å². The van der Waals surface area contributed by atoms with Crippen LogP contribution in [0, 0.1) is 19.8 Å². The Hall–Kier alpha value is -2.44. The summed E-state index contributed by atoms with van der Waals surface area (Å²) >= 11 is 0. The average molecular weight is 325 g/mol. The number of H-pyrrole nitrogens is 1. The zero-order valence-corrected chi connectivity index (χ0v) is 14.3. The molecule has 23 heavy (non-hydrogen) atoms. The second-order valence-electron chi connectivity index (χ2n) is 5.08. The van der Waals surface area contributed by atoms with Gasteiger partial charge in [-0.05, 0) is 33.8 Å². The van der Waals surface area contributed by atoms with Gasteiger partial charge in [-0.3, -0.25) is 14.4 Å². The molecule has 1 aromatic rings. The van der Waals surface area contributed by atoms with Gasteiger partial charge in [0.05, 0.1) is 19.8 Å². The molecule has 0 aliphatic heterocycles. The summed E-state index contributed by atoms with van der Waals surface area (Å²) in [5.74, 6) is -2.38. The maximum absolute atomic E-state index is 11.0. The van der Waals surface area contributed by atoms with E-state index in [9.17, 15) is 19.2 Å². The number of hydrogen-bond acceptors (Lipinski definition) is 6. The van der Waals surface area contributed by atoms with Crippen molar-refractivity contribution < 1.29 is 28.7 Å². The van der Waals surface area contributed by atoms with Gasteiger partial charge in [-0.25, -0.2) is 4.79 Å². The molecule has 1 rings (SSSR count). The number of rotatable bonds is 5. The predicted molar refractivity (Wildman–Crippen MR) is 83.1 cm³/mol. The second-order valence-corrected chi connectivity index (χ2v) is 5.08. The van der Waals surface area contributed by atoms with Crippen LogP contribution in [0.1, 0.15) is 42.0 Å². The highest BCUT2D eigenvalue weighted by Gasteiger charge is 2.25. The molecule has 0 fully saturated rings. The van der Waals surface area contributed by atoms with Crippen LogP contribution in [-0.2, 0) is 23.9 Å². The molecule has 1 atom stereocenters. The van der Waals surface area contributed by atoms with Gasteiger partial charge in [-0.1, -0.05) is 0 Å². The van der Waals surface area contributed by atoms with Gasteiger partial charge in [-0.15, -0.1) is 0 Å². The number of aryl methyl sites for hydroxylation is 2. The lowest BCUT2D eigenvalue weighted by molar-refractivity contribution is -0.150. The molecule has 0 saturated heterocycles. The van der Waals surface area contributed by atoms with Crippen LogP contribution in [0.15, 0.2) is 6.07 Å². The van der Waals surface area contributed by atoms with E-state index in [-0.39, 0.29) is 24.0 Å². The van der Waals surface area contributed by atoms with Gasteiger partial charge in [0, 0.05) is 17.8 Å². The van der Waals surface area contributed by atoms with Crippen molar-refractivity contribution in [2.24, 2.45) is 5.92 Å². The first-order chi connectivity index (χ1) is 10.6. The Bertz CT molecular complexity index is 587. The minimum absolute atomic E-state index is 0.0675. The van der Waals surface area contributed by atoms with Crippen LogP contribution in [0.5, 0.6) is 0 Å². The largest absolute Gasteiger partial charge is 0.468 e. The number of Topliss-reactive ketones (excluding diaryl/α,β-unsaturated/α-hetero) is 2. The van der Waals surface area contributed by atoms with Crippen molar-refractivity contribution in [2.75, 3.05) is 14.2 Å². The molecule has 0 aliphatic carbocycles. The highest BCUT2D eigenvalue weighted by atomic mass is 16.5. The Labute approximate surface area is 135 Å². The van der Waals surface area contributed by atoms with Crippen LogP contribution in [0.4, 0.5) is 0 Å². The summed E-state index contributed by atoms with van der Waals surface area (Å²) in [7, 11) is 2.57. The van der Waals surface area contributed by atoms with E-state index in [0.29, 0.717) is 5.56 Å². The van der Waals surface area contributed by atoms with Gasteiger partial charge in [0.25, 0.3) is 0 Å². The highest BCUT2D eigenvalue weighted by molar-refractivity contribution is 6.01. The van der Waals surface area contributed by atoms with Crippen LogP contribution in [0.25, 0.3) is 0 Å². The van der Waals surface area contributed by atoms with Crippen LogP contribution in [0.2, 0.25) is 0 Å². The zero-order valence-electron chi connectivity index (χ0n) is 14.3. The molecule has 1 N–H and O–H groups in total. The zero-order chi connectivity index (χ0) is 18.2. The van der Waals surface area contributed by atoms with E-state index in [1.807, 2.05) is 13.8 Å². The summed E-state index contributed by atoms with van der Waals surface area (Å²) < 4.78 is 8.93. The Morgan fingerprint density at radius 1 is 1.09 bits per heavy atom. The summed E-state index contributed by atoms with van der Waals surface area (Å²) in [6, 6.07) is 1.78. The minimum Gasteiger partial charge on any atom is -0.468 e. The predicted octanol–water partition coefficient (Wildman–Crippen LogP) is 1.76. The first-order valence-corrected chi connectivity index (χ1v) is 6.96. The van der Waals surface area contributed by atoms with Crippen molar-refractivity contribution in [1.82, 2.24) is 4.98 Å². The van der Waals surface area contributed by atoms with E-state index in [2.05, 4.69) is 14.5 Å². The fraction of sp³-hybridized carbons (Fsp3) is 0.500. The third kappa shape index (κ3) is 6.90. The standard InChI is InChI=1S/C8H11NO2.C8H12O4/c1-5-4-7(6(2)9-5)8(10)11-3;1-5(9)4-7(6(2)10)8(11)12-3/h4,9H,1-3H3;7H,4H2,1-3H3. The molecule has 0 radical (unpaired) electrons. The van der Waals surface area contributed by atoms with Crippen molar-refractivity contribution >= 4 is 23.5 Å². The fourth-order valence-corrected chi connectivity index (χ4v) is 1.87. The normalized spacial score (nSPS) is 10.9. The summed E-state index contributed by atoms with van der Waals surface area (Å²) in [5, 5.41) is 0. The lowest BCUT2D eigenvalue weighted by Crippen LogP contribution is -2.25. The fourth-order valence-electron chi connectivity index (χ4n) is 1.87. The summed E-state index contributed by atoms with van der Waals surface area (Å²) in [4.78, 5) is 46.4. The van der Waals surface area contributed by atoms with Crippen LogP contribution >= 0.6 is 0 Å². The van der Waals surface area contributed by atoms with Gasteiger partial charge < -0.3 is 14.5 Å². The number of carbonyl (C=O) groups excluding carboxylic acids is 4. The summed E-state index contributed by atoms with van der Waals surface area (Å²) in [6.45, 7) is 6.35. The number of aromatic nitrogens is 1. The molecule has 128 valence electrons. The highest BCUT2D eigenvalue weighted by Crippen LogP contribution is 2.09. The first-order valence-electron chi connectivity index (χ1n) is 6.96. The topological polar surface area (TPSA) is 103 Å². The van der Waals surface area contributed by atoms with E-state index < -0.39 is 11.9 Å².